The molecule has 2 aromatic rings. The van der Waals surface area contributed by atoms with Crippen LogP contribution in [0, 0.1) is 0 Å². The van der Waals surface area contributed by atoms with Gasteiger partial charge in [0.05, 0.1) is 29.0 Å². The maximum atomic E-state index is 12.2. The first kappa shape index (κ1) is 14.7. The molecular formula is C15H15ClN4O2. The molecule has 0 aliphatic heterocycles. The van der Waals surface area contributed by atoms with E-state index in [0.29, 0.717) is 27.9 Å². The maximum Gasteiger partial charge on any atom is 0.253 e. The van der Waals surface area contributed by atoms with Gasteiger partial charge in [-0.3, -0.25) is 9.78 Å². The van der Waals surface area contributed by atoms with Crippen LogP contribution < -0.4 is 10.1 Å². The van der Waals surface area contributed by atoms with Crippen LogP contribution in [0.1, 0.15) is 40.4 Å². The average molecular weight is 319 g/mol. The quantitative estimate of drug-likeness (QED) is 0.915. The molecule has 22 heavy (non-hydrogen) atoms. The number of halogens is 1. The van der Waals surface area contributed by atoms with E-state index >= 15 is 0 Å². The first-order chi connectivity index (χ1) is 10.7. The maximum absolute atomic E-state index is 12.2. The Hall–Kier alpha value is -2.21. The van der Waals surface area contributed by atoms with Crippen molar-refractivity contribution in [3.63, 3.8) is 0 Å². The van der Waals surface area contributed by atoms with Crippen LogP contribution in [0.3, 0.4) is 0 Å². The molecule has 0 radical (unpaired) electrons. The number of aromatic nitrogens is 3. The molecule has 2 aromatic heterocycles. The number of ether oxygens (including phenoxy) is 1. The summed E-state index contributed by atoms with van der Waals surface area (Å²) >= 11 is 6.19. The fourth-order valence-electron chi connectivity index (χ4n) is 2.16. The van der Waals surface area contributed by atoms with Crippen LogP contribution in [0.15, 0.2) is 24.8 Å². The SMILES string of the molecule is COc1ncncc1CNC(=O)c1cnc(C2CC2)c(Cl)c1. The largest absolute Gasteiger partial charge is 0.481 e. The molecule has 0 bridgehead atoms. The van der Waals surface area contributed by atoms with Crippen molar-refractivity contribution in [2.24, 2.45) is 0 Å². The van der Waals surface area contributed by atoms with Crippen LogP contribution >= 0.6 is 11.6 Å². The van der Waals surface area contributed by atoms with Crippen molar-refractivity contribution in [3.8, 4) is 5.88 Å². The highest BCUT2D eigenvalue weighted by atomic mass is 35.5. The molecule has 0 atom stereocenters. The van der Waals surface area contributed by atoms with Crippen LogP contribution in [-0.4, -0.2) is 28.0 Å². The highest BCUT2D eigenvalue weighted by Crippen LogP contribution is 2.41. The normalized spacial score (nSPS) is 13.7. The average Bonchev–Trinajstić information content (AvgIpc) is 3.37. The fraction of sp³-hybridized carbons (Fsp3) is 0.333. The Bertz CT molecular complexity index is 704. The number of hydrogen-bond acceptors (Lipinski definition) is 5. The second-order valence-corrected chi connectivity index (χ2v) is 5.51. The predicted molar refractivity (Wildman–Crippen MR) is 81.0 cm³/mol. The van der Waals surface area contributed by atoms with Gasteiger partial charge in [-0.25, -0.2) is 9.97 Å². The summed E-state index contributed by atoms with van der Waals surface area (Å²) in [6.45, 7) is 0.269. The molecule has 1 aliphatic rings. The summed E-state index contributed by atoms with van der Waals surface area (Å²) in [6, 6.07) is 1.66. The molecular weight excluding hydrogens is 304 g/mol. The van der Waals surface area contributed by atoms with Crippen molar-refractivity contribution in [2.45, 2.75) is 25.3 Å². The van der Waals surface area contributed by atoms with E-state index in [4.69, 9.17) is 16.3 Å². The molecule has 2 heterocycles. The molecule has 3 rings (SSSR count). The number of nitrogens with zero attached hydrogens (tertiary/aromatic N) is 3. The van der Waals surface area contributed by atoms with Gasteiger partial charge >= 0.3 is 0 Å². The number of rotatable bonds is 5. The van der Waals surface area contributed by atoms with Crippen molar-refractivity contribution in [1.82, 2.24) is 20.3 Å². The number of carbonyl (C=O) groups is 1. The summed E-state index contributed by atoms with van der Waals surface area (Å²) in [5.41, 5.74) is 2.02. The van der Waals surface area contributed by atoms with Crippen LogP contribution in [-0.2, 0) is 6.54 Å². The molecule has 1 amide bonds. The van der Waals surface area contributed by atoms with E-state index in [2.05, 4.69) is 20.3 Å². The Morgan fingerprint density at radius 3 is 2.91 bits per heavy atom. The van der Waals surface area contributed by atoms with Gasteiger partial charge in [-0.1, -0.05) is 11.6 Å². The third-order valence-electron chi connectivity index (χ3n) is 3.48. The van der Waals surface area contributed by atoms with Crippen molar-refractivity contribution in [2.75, 3.05) is 7.11 Å². The summed E-state index contributed by atoms with van der Waals surface area (Å²) in [7, 11) is 1.52. The van der Waals surface area contributed by atoms with Crippen molar-refractivity contribution < 1.29 is 9.53 Å². The topological polar surface area (TPSA) is 77.0 Å². The Morgan fingerprint density at radius 2 is 2.23 bits per heavy atom. The van der Waals surface area contributed by atoms with Crippen molar-refractivity contribution >= 4 is 17.5 Å². The predicted octanol–water partition coefficient (Wildman–Crippen LogP) is 2.34. The van der Waals surface area contributed by atoms with Gasteiger partial charge in [0, 0.05) is 24.9 Å². The van der Waals surface area contributed by atoms with Gasteiger partial charge in [-0.2, -0.15) is 0 Å². The monoisotopic (exact) mass is 318 g/mol. The summed E-state index contributed by atoms with van der Waals surface area (Å²) in [4.78, 5) is 24.4. The summed E-state index contributed by atoms with van der Waals surface area (Å²) < 4.78 is 5.12. The third kappa shape index (κ3) is 3.17. The number of hydrogen-bond donors (Lipinski definition) is 1. The van der Waals surface area contributed by atoms with Gasteiger partial charge in [-0.15, -0.1) is 0 Å². The molecule has 1 N–H and O–H groups in total. The molecule has 1 saturated carbocycles. The molecule has 1 fully saturated rings. The zero-order valence-corrected chi connectivity index (χ0v) is 12.8. The molecule has 7 heteroatoms. The lowest BCUT2D eigenvalue weighted by Gasteiger charge is -2.09. The Kier molecular flexibility index (Phi) is 4.20. The number of methoxy groups -OCH3 is 1. The molecule has 0 unspecified atom stereocenters. The lowest BCUT2D eigenvalue weighted by molar-refractivity contribution is 0.0950. The van der Waals surface area contributed by atoms with E-state index in [1.165, 1.54) is 13.4 Å². The Balaban J connectivity index is 1.68. The van der Waals surface area contributed by atoms with Crippen molar-refractivity contribution in [3.05, 3.63) is 46.6 Å². The minimum Gasteiger partial charge on any atom is -0.481 e. The minimum atomic E-state index is -0.248. The number of carbonyl (C=O) groups excluding carboxylic acids is 1. The van der Waals surface area contributed by atoms with E-state index in [0.717, 1.165) is 18.5 Å². The lowest BCUT2D eigenvalue weighted by atomic mass is 10.2. The second kappa shape index (κ2) is 6.27. The van der Waals surface area contributed by atoms with Gasteiger partial charge < -0.3 is 10.1 Å². The van der Waals surface area contributed by atoms with Gasteiger partial charge in [0.25, 0.3) is 5.91 Å². The van der Waals surface area contributed by atoms with Gasteiger partial charge in [0.1, 0.15) is 6.33 Å². The molecule has 1 aliphatic carbocycles. The van der Waals surface area contributed by atoms with E-state index in [9.17, 15) is 4.79 Å². The standard InChI is InChI=1S/C15H15ClN4O2/c1-22-15-11(5-17-8-20-15)7-19-14(21)10-4-12(16)13(18-6-10)9-2-3-9/h4-6,8-9H,2-3,7H2,1H3,(H,19,21). The fourth-order valence-corrected chi connectivity index (χ4v) is 2.48. The van der Waals surface area contributed by atoms with E-state index in [-0.39, 0.29) is 12.5 Å². The van der Waals surface area contributed by atoms with Crippen LogP contribution in [0.4, 0.5) is 0 Å². The summed E-state index contributed by atoms with van der Waals surface area (Å²) in [6.07, 6.45) is 6.80. The highest BCUT2D eigenvalue weighted by molar-refractivity contribution is 6.31. The second-order valence-electron chi connectivity index (χ2n) is 5.11. The zero-order chi connectivity index (χ0) is 15.5. The van der Waals surface area contributed by atoms with E-state index in [1.807, 2.05) is 0 Å². The number of amides is 1. The first-order valence-corrected chi connectivity index (χ1v) is 7.33. The van der Waals surface area contributed by atoms with Gasteiger partial charge in [0.2, 0.25) is 5.88 Å². The molecule has 6 nitrogen and oxygen atoms in total. The Morgan fingerprint density at radius 1 is 1.41 bits per heavy atom. The number of nitrogens with one attached hydrogen (secondary N) is 1. The van der Waals surface area contributed by atoms with Gasteiger partial charge in [0.15, 0.2) is 0 Å². The number of pyridine rings is 1. The minimum absolute atomic E-state index is 0.248. The summed E-state index contributed by atoms with van der Waals surface area (Å²) in [5, 5.41) is 3.34. The molecule has 0 aromatic carbocycles. The highest BCUT2D eigenvalue weighted by Gasteiger charge is 2.27. The van der Waals surface area contributed by atoms with E-state index in [1.54, 1.807) is 18.5 Å². The lowest BCUT2D eigenvalue weighted by Crippen LogP contribution is -2.23. The molecule has 0 saturated heterocycles. The van der Waals surface area contributed by atoms with E-state index < -0.39 is 0 Å². The van der Waals surface area contributed by atoms with Crippen LogP contribution in [0.25, 0.3) is 0 Å². The smallest absolute Gasteiger partial charge is 0.253 e. The summed E-state index contributed by atoms with van der Waals surface area (Å²) in [5.74, 6) is 0.647. The van der Waals surface area contributed by atoms with Crippen LogP contribution in [0.5, 0.6) is 5.88 Å². The molecule has 114 valence electrons. The zero-order valence-electron chi connectivity index (χ0n) is 12.0. The van der Waals surface area contributed by atoms with Crippen LogP contribution in [0.2, 0.25) is 5.02 Å². The molecule has 0 spiro atoms. The first-order valence-electron chi connectivity index (χ1n) is 6.95. The van der Waals surface area contributed by atoms with Gasteiger partial charge in [-0.05, 0) is 18.9 Å². The van der Waals surface area contributed by atoms with Crippen molar-refractivity contribution in [1.29, 1.82) is 0 Å². The third-order valence-corrected chi connectivity index (χ3v) is 3.78. The Labute approximate surface area is 132 Å².